The minimum atomic E-state index is 0.202. The maximum atomic E-state index is 4.18. The summed E-state index contributed by atoms with van der Waals surface area (Å²) in [5.41, 5.74) is 2.56. The zero-order chi connectivity index (χ0) is 10.2. The number of aromatic nitrogens is 1. The fourth-order valence-corrected chi connectivity index (χ4v) is 1.49. The maximum absolute atomic E-state index is 4.18. The molecule has 1 aromatic carbocycles. The van der Waals surface area contributed by atoms with Crippen LogP contribution in [0.2, 0.25) is 0 Å². The van der Waals surface area contributed by atoms with E-state index < -0.39 is 0 Å². The van der Waals surface area contributed by atoms with Gasteiger partial charge in [-0.3, -0.25) is 0 Å². The number of hydrogen-bond donors (Lipinski definition) is 0. The van der Waals surface area contributed by atoms with Crippen molar-refractivity contribution in [3.63, 3.8) is 0 Å². The largest absolute Gasteiger partial charge is 0.246 e. The van der Waals surface area contributed by atoms with Crippen LogP contribution in [0.5, 0.6) is 0 Å². The molecule has 0 aliphatic heterocycles. The SMILES string of the molecule is CC(C)(C)c1ccc2n[c]ccc2c1. The van der Waals surface area contributed by atoms with E-state index >= 15 is 0 Å². The molecule has 0 saturated carbocycles. The standard InChI is InChI=1S/C13H14N/c1-13(2,3)11-6-7-12-10(9-11)5-4-8-14-12/h4-7,9H,1-3H3. The first kappa shape index (κ1) is 9.20. The van der Waals surface area contributed by atoms with E-state index in [1.165, 1.54) is 10.9 Å². The van der Waals surface area contributed by atoms with Crippen molar-refractivity contribution in [2.45, 2.75) is 26.2 Å². The van der Waals surface area contributed by atoms with Crippen LogP contribution in [0.3, 0.4) is 0 Å². The van der Waals surface area contributed by atoms with Crippen molar-refractivity contribution in [2.75, 3.05) is 0 Å². The maximum Gasteiger partial charge on any atom is 0.0894 e. The van der Waals surface area contributed by atoms with Gasteiger partial charge in [-0.2, -0.15) is 0 Å². The van der Waals surface area contributed by atoms with E-state index in [9.17, 15) is 0 Å². The first-order chi connectivity index (χ1) is 6.57. The lowest BCUT2D eigenvalue weighted by Gasteiger charge is -2.19. The highest BCUT2D eigenvalue weighted by atomic mass is 14.6. The lowest BCUT2D eigenvalue weighted by atomic mass is 9.86. The molecule has 1 heteroatoms. The molecule has 0 aliphatic carbocycles. The van der Waals surface area contributed by atoms with E-state index in [1.54, 1.807) is 0 Å². The van der Waals surface area contributed by atoms with Crippen LogP contribution in [0.25, 0.3) is 10.9 Å². The first-order valence-electron chi connectivity index (χ1n) is 4.85. The average molecular weight is 184 g/mol. The second-order valence-electron chi connectivity index (χ2n) is 4.60. The van der Waals surface area contributed by atoms with Crippen LogP contribution in [-0.4, -0.2) is 4.98 Å². The minimum absolute atomic E-state index is 0.202. The molecule has 14 heavy (non-hydrogen) atoms. The molecular formula is C13H14N. The van der Waals surface area contributed by atoms with Gasteiger partial charge in [-0.05, 0) is 29.2 Å². The third-order valence-electron chi connectivity index (χ3n) is 2.42. The van der Waals surface area contributed by atoms with Crippen molar-refractivity contribution in [1.82, 2.24) is 4.98 Å². The molecule has 2 rings (SSSR count). The number of nitrogens with zero attached hydrogens (tertiary/aromatic N) is 1. The van der Waals surface area contributed by atoms with Crippen LogP contribution >= 0.6 is 0 Å². The Bertz CT molecular complexity index is 452. The molecule has 0 atom stereocenters. The highest BCUT2D eigenvalue weighted by molar-refractivity contribution is 5.79. The number of fused-ring (bicyclic) bond motifs is 1. The fraction of sp³-hybridized carbons (Fsp3) is 0.308. The van der Waals surface area contributed by atoms with Crippen LogP contribution in [-0.2, 0) is 5.41 Å². The monoisotopic (exact) mass is 184 g/mol. The predicted molar refractivity (Wildman–Crippen MR) is 59.3 cm³/mol. The zero-order valence-corrected chi connectivity index (χ0v) is 8.83. The van der Waals surface area contributed by atoms with Crippen LogP contribution in [0.4, 0.5) is 0 Å². The summed E-state index contributed by atoms with van der Waals surface area (Å²) < 4.78 is 0. The van der Waals surface area contributed by atoms with Crippen molar-refractivity contribution in [2.24, 2.45) is 0 Å². The van der Waals surface area contributed by atoms with Gasteiger partial charge < -0.3 is 0 Å². The number of pyridine rings is 1. The molecule has 0 N–H and O–H groups in total. The Labute approximate surface area is 84.8 Å². The summed E-state index contributed by atoms with van der Waals surface area (Å²) in [5, 5.41) is 1.19. The summed E-state index contributed by atoms with van der Waals surface area (Å²) in [5.74, 6) is 0. The molecule has 0 amide bonds. The Balaban J connectivity index is 2.63. The Morgan fingerprint density at radius 3 is 2.64 bits per heavy atom. The molecule has 2 aromatic rings. The highest BCUT2D eigenvalue weighted by Crippen LogP contribution is 2.24. The molecule has 1 heterocycles. The summed E-state index contributed by atoms with van der Waals surface area (Å²) >= 11 is 0. The van der Waals surface area contributed by atoms with Crippen molar-refractivity contribution in [3.8, 4) is 0 Å². The first-order valence-corrected chi connectivity index (χ1v) is 4.85. The van der Waals surface area contributed by atoms with Gasteiger partial charge in [-0.25, -0.2) is 4.98 Å². The van der Waals surface area contributed by atoms with Crippen LogP contribution < -0.4 is 0 Å². The van der Waals surface area contributed by atoms with Gasteiger partial charge in [0.2, 0.25) is 0 Å². The van der Waals surface area contributed by atoms with E-state index in [-0.39, 0.29) is 5.41 Å². The molecule has 0 saturated heterocycles. The smallest absolute Gasteiger partial charge is 0.0894 e. The third-order valence-corrected chi connectivity index (χ3v) is 2.42. The second-order valence-corrected chi connectivity index (χ2v) is 4.60. The van der Waals surface area contributed by atoms with E-state index in [4.69, 9.17) is 0 Å². The summed E-state index contributed by atoms with van der Waals surface area (Å²) in [6.45, 7) is 6.66. The quantitative estimate of drug-likeness (QED) is 0.612. The minimum Gasteiger partial charge on any atom is -0.246 e. The van der Waals surface area contributed by atoms with Crippen molar-refractivity contribution >= 4 is 10.9 Å². The van der Waals surface area contributed by atoms with Gasteiger partial charge in [0.05, 0.1) is 11.7 Å². The van der Waals surface area contributed by atoms with Crippen molar-refractivity contribution < 1.29 is 0 Å². The Morgan fingerprint density at radius 1 is 1.14 bits per heavy atom. The average Bonchev–Trinajstić information content (AvgIpc) is 2.16. The number of benzene rings is 1. The van der Waals surface area contributed by atoms with Crippen molar-refractivity contribution in [3.05, 3.63) is 42.1 Å². The van der Waals surface area contributed by atoms with Gasteiger partial charge in [-0.15, -0.1) is 0 Å². The molecule has 1 radical (unpaired) electrons. The van der Waals surface area contributed by atoms with Crippen LogP contribution in [0.15, 0.2) is 30.3 Å². The topological polar surface area (TPSA) is 12.9 Å². The van der Waals surface area contributed by atoms with Gasteiger partial charge in [0.25, 0.3) is 0 Å². The lowest BCUT2D eigenvalue weighted by Crippen LogP contribution is -2.10. The molecule has 0 spiro atoms. The fourth-order valence-electron chi connectivity index (χ4n) is 1.49. The van der Waals surface area contributed by atoms with Crippen LogP contribution in [0.1, 0.15) is 26.3 Å². The lowest BCUT2D eigenvalue weighted by molar-refractivity contribution is 0.591. The highest BCUT2D eigenvalue weighted by Gasteiger charge is 2.13. The Hall–Kier alpha value is -1.37. The van der Waals surface area contributed by atoms with E-state index in [1.807, 2.05) is 6.07 Å². The molecular weight excluding hydrogens is 170 g/mol. The molecule has 0 unspecified atom stereocenters. The molecule has 71 valence electrons. The zero-order valence-electron chi connectivity index (χ0n) is 8.83. The molecule has 0 fully saturated rings. The molecule has 1 aromatic heterocycles. The van der Waals surface area contributed by atoms with Crippen LogP contribution in [0, 0.1) is 6.20 Å². The van der Waals surface area contributed by atoms with Gasteiger partial charge in [0, 0.05) is 5.39 Å². The third kappa shape index (κ3) is 1.63. The summed E-state index contributed by atoms with van der Waals surface area (Å²) in [7, 11) is 0. The summed E-state index contributed by atoms with van der Waals surface area (Å²) in [6, 6.07) is 10.3. The van der Waals surface area contributed by atoms with E-state index in [0.717, 1.165) is 5.52 Å². The molecule has 0 aliphatic rings. The van der Waals surface area contributed by atoms with Gasteiger partial charge >= 0.3 is 0 Å². The van der Waals surface area contributed by atoms with Crippen molar-refractivity contribution in [1.29, 1.82) is 0 Å². The van der Waals surface area contributed by atoms with Gasteiger partial charge in [-0.1, -0.05) is 32.9 Å². The Morgan fingerprint density at radius 2 is 1.93 bits per heavy atom. The summed E-state index contributed by atoms with van der Waals surface area (Å²) in [4.78, 5) is 4.18. The Kier molecular flexibility index (Phi) is 2.03. The molecule has 1 nitrogen and oxygen atoms in total. The summed E-state index contributed by atoms with van der Waals surface area (Å²) in [6.07, 6.45) is 2.84. The number of hydrogen-bond acceptors (Lipinski definition) is 1. The normalized spacial score (nSPS) is 11.9. The van der Waals surface area contributed by atoms with Gasteiger partial charge in [0.1, 0.15) is 0 Å². The predicted octanol–water partition coefficient (Wildman–Crippen LogP) is 3.33. The number of rotatable bonds is 0. The van der Waals surface area contributed by atoms with E-state index in [2.05, 4.69) is 56.2 Å². The van der Waals surface area contributed by atoms with E-state index in [0.29, 0.717) is 0 Å². The second kappa shape index (κ2) is 3.09. The van der Waals surface area contributed by atoms with Gasteiger partial charge in [0.15, 0.2) is 0 Å². The molecule has 0 bridgehead atoms.